The maximum Gasteiger partial charge on any atom is 0.336 e. The summed E-state index contributed by atoms with van der Waals surface area (Å²) in [5.74, 6) is -0.395. The van der Waals surface area contributed by atoms with Crippen LogP contribution in [0.25, 0.3) is 0 Å². The van der Waals surface area contributed by atoms with Crippen LogP contribution in [-0.4, -0.2) is 20.7 Å². The molecule has 0 atom stereocenters. The lowest BCUT2D eigenvalue weighted by Crippen LogP contribution is -1.97. The van der Waals surface area contributed by atoms with Gasteiger partial charge in [0, 0.05) is 26.7 Å². The summed E-state index contributed by atoms with van der Waals surface area (Å²) in [6.07, 6.45) is 0. The molecule has 0 fully saturated rings. The van der Waals surface area contributed by atoms with E-state index in [1.807, 2.05) is 6.07 Å². The molecule has 0 amide bonds. The van der Waals surface area contributed by atoms with Gasteiger partial charge in [-0.05, 0) is 34.1 Å². The van der Waals surface area contributed by atoms with Crippen LogP contribution >= 0.6 is 50.8 Å². The lowest BCUT2D eigenvalue weighted by atomic mass is 10.2. The Hall–Kier alpha value is -0.630. The highest BCUT2D eigenvalue weighted by molar-refractivity contribution is 9.10. The fourth-order valence-corrected chi connectivity index (χ4v) is 3.28. The van der Waals surface area contributed by atoms with Gasteiger partial charge in [-0.1, -0.05) is 16.1 Å². The van der Waals surface area contributed by atoms with Crippen LogP contribution in [0.15, 0.2) is 27.6 Å². The normalized spacial score (nSPS) is 10.6. The molecule has 1 aromatic heterocycles. The number of carbonyl (C=O) groups is 1. The number of benzene rings is 1. The van der Waals surface area contributed by atoms with E-state index in [4.69, 9.17) is 16.7 Å². The van der Waals surface area contributed by atoms with Crippen LogP contribution < -0.4 is 0 Å². The highest BCUT2D eigenvalue weighted by atomic mass is 79.9. The van der Waals surface area contributed by atoms with Crippen molar-refractivity contribution in [1.29, 1.82) is 0 Å². The summed E-state index contributed by atoms with van der Waals surface area (Å²) in [5, 5.41) is 12.9. The Kier molecular flexibility index (Phi) is 4.60. The number of hydrogen-bond acceptors (Lipinski definition) is 5. The van der Waals surface area contributed by atoms with E-state index in [1.165, 1.54) is 11.8 Å². The standard InChI is InChI=1S/C10H6BrClN2O2S2/c11-7-2-1-5(3-6(7)10(15)16)17-4-8-9(12)18-14-13-8/h1-3H,4H2,(H,15,16). The van der Waals surface area contributed by atoms with Crippen molar-refractivity contribution < 1.29 is 9.90 Å². The van der Waals surface area contributed by atoms with E-state index in [1.54, 1.807) is 12.1 Å². The first-order valence-corrected chi connectivity index (χ1v) is 7.63. The van der Waals surface area contributed by atoms with Gasteiger partial charge in [0.1, 0.15) is 10.0 Å². The largest absolute Gasteiger partial charge is 0.478 e. The first kappa shape index (κ1) is 13.8. The number of thioether (sulfide) groups is 1. The number of rotatable bonds is 4. The van der Waals surface area contributed by atoms with Crippen molar-refractivity contribution in [3.8, 4) is 0 Å². The molecule has 8 heteroatoms. The second-order valence-electron chi connectivity index (χ2n) is 3.23. The van der Waals surface area contributed by atoms with E-state index in [2.05, 4.69) is 25.5 Å². The first-order valence-electron chi connectivity index (χ1n) is 4.70. The van der Waals surface area contributed by atoms with Crippen molar-refractivity contribution in [2.75, 3.05) is 0 Å². The van der Waals surface area contributed by atoms with Crippen LogP contribution in [0.2, 0.25) is 4.34 Å². The summed E-state index contributed by atoms with van der Waals surface area (Å²) in [5.41, 5.74) is 0.953. The third-order valence-corrected chi connectivity index (χ3v) is 4.73. The molecule has 4 nitrogen and oxygen atoms in total. The number of carboxylic acid groups (broad SMARTS) is 1. The molecule has 2 rings (SSSR count). The van der Waals surface area contributed by atoms with Gasteiger partial charge in [0.25, 0.3) is 0 Å². The third-order valence-electron chi connectivity index (χ3n) is 2.05. The van der Waals surface area contributed by atoms with Crippen LogP contribution in [0.1, 0.15) is 16.1 Å². The maximum absolute atomic E-state index is 11.0. The zero-order valence-corrected chi connectivity index (χ0v) is 12.7. The maximum atomic E-state index is 11.0. The van der Waals surface area contributed by atoms with Crippen molar-refractivity contribution in [3.63, 3.8) is 0 Å². The van der Waals surface area contributed by atoms with Crippen LogP contribution in [-0.2, 0) is 5.75 Å². The minimum Gasteiger partial charge on any atom is -0.478 e. The Morgan fingerprint density at radius 2 is 2.33 bits per heavy atom. The third kappa shape index (κ3) is 3.23. The Bertz CT molecular complexity index is 591. The van der Waals surface area contributed by atoms with Crippen molar-refractivity contribution >= 4 is 56.8 Å². The van der Waals surface area contributed by atoms with Gasteiger partial charge in [-0.25, -0.2) is 4.79 Å². The molecule has 2 aromatic rings. The highest BCUT2D eigenvalue weighted by Gasteiger charge is 2.11. The van der Waals surface area contributed by atoms with Crippen LogP contribution in [0.4, 0.5) is 0 Å². The second kappa shape index (κ2) is 6.01. The summed E-state index contributed by atoms with van der Waals surface area (Å²) in [6, 6.07) is 5.17. The van der Waals surface area contributed by atoms with Crippen molar-refractivity contribution in [2.45, 2.75) is 10.6 Å². The molecule has 1 heterocycles. The van der Waals surface area contributed by atoms with E-state index < -0.39 is 5.97 Å². The number of nitrogens with zero attached hydrogens (tertiary/aromatic N) is 2. The van der Waals surface area contributed by atoms with Gasteiger partial charge in [-0.3, -0.25) is 0 Å². The number of hydrogen-bond donors (Lipinski definition) is 1. The van der Waals surface area contributed by atoms with E-state index >= 15 is 0 Å². The van der Waals surface area contributed by atoms with E-state index in [0.29, 0.717) is 20.3 Å². The number of aromatic carboxylic acids is 1. The fraction of sp³-hybridized carbons (Fsp3) is 0.100. The summed E-state index contributed by atoms with van der Waals surface area (Å²) in [6.45, 7) is 0. The molecule has 0 aliphatic carbocycles. The first-order chi connectivity index (χ1) is 8.58. The minimum absolute atomic E-state index is 0.238. The lowest BCUT2D eigenvalue weighted by molar-refractivity contribution is 0.0695. The monoisotopic (exact) mass is 364 g/mol. The molecule has 0 aliphatic rings. The molecule has 0 aliphatic heterocycles. The molecule has 94 valence electrons. The number of aromatic nitrogens is 2. The zero-order valence-electron chi connectivity index (χ0n) is 8.76. The summed E-state index contributed by atoms with van der Waals surface area (Å²) in [7, 11) is 0. The summed E-state index contributed by atoms with van der Waals surface area (Å²) >= 11 is 11.7. The van der Waals surface area contributed by atoms with Gasteiger partial charge in [0.05, 0.1) is 5.56 Å². The lowest BCUT2D eigenvalue weighted by Gasteiger charge is -2.03. The van der Waals surface area contributed by atoms with Gasteiger partial charge in [-0.2, -0.15) is 0 Å². The molecule has 1 aromatic carbocycles. The SMILES string of the molecule is O=C(O)c1cc(SCc2nnsc2Cl)ccc1Br. The molecule has 1 N–H and O–H groups in total. The van der Waals surface area contributed by atoms with E-state index in [9.17, 15) is 4.79 Å². The molecule has 0 radical (unpaired) electrons. The average Bonchev–Trinajstić information content (AvgIpc) is 2.73. The summed E-state index contributed by atoms with van der Waals surface area (Å²) in [4.78, 5) is 11.8. The van der Waals surface area contributed by atoms with Crippen molar-refractivity contribution in [2.24, 2.45) is 0 Å². The van der Waals surface area contributed by atoms with E-state index in [0.717, 1.165) is 16.4 Å². The topological polar surface area (TPSA) is 63.1 Å². The highest BCUT2D eigenvalue weighted by Crippen LogP contribution is 2.29. The molecule has 0 saturated carbocycles. The molecule has 0 unspecified atom stereocenters. The van der Waals surface area contributed by atoms with Crippen molar-refractivity contribution in [3.05, 3.63) is 38.3 Å². The Morgan fingerprint density at radius 3 is 2.94 bits per heavy atom. The molecular weight excluding hydrogens is 360 g/mol. The second-order valence-corrected chi connectivity index (χ2v) is 6.49. The van der Waals surface area contributed by atoms with Gasteiger partial charge in [-0.15, -0.1) is 16.9 Å². The molecule has 0 saturated heterocycles. The molecule has 18 heavy (non-hydrogen) atoms. The van der Waals surface area contributed by atoms with Crippen molar-refractivity contribution in [1.82, 2.24) is 9.59 Å². The Morgan fingerprint density at radius 1 is 1.56 bits per heavy atom. The van der Waals surface area contributed by atoms with Crippen LogP contribution in [0.5, 0.6) is 0 Å². The summed E-state index contributed by atoms with van der Waals surface area (Å²) < 4.78 is 4.87. The fourth-order valence-electron chi connectivity index (χ4n) is 1.19. The molecular formula is C10H6BrClN2O2S2. The number of halogens is 2. The predicted molar refractivity (Wildman–Crippen MR) is 75.6 cm³/mol. The zero-order chi connectivity index (χ0) is 13.1. The van der Waals surface area contributed by atoms with Gasteiger partial charge < -0.3 is 5.11 Å². The van der Waals surface area contributed by atoms with Gasteiger partial charge in [0.2, 0.25) is 0 Å². The van der Waals surface area contributed by atoms with Crippen LogP contribution in [0, 0.1) is 0 Å². The Balaban J connectivity index is 2.13. The van der Waals surface area contributed by atoms with E-state index in [-0.39, 0.29) is 5.56 Å². The minimum atomic E-state index is -0.960. The molecule has 0 bridgehead atoms. The quantitative estimate of drug-likeness (QED) is 0.831. The van der Waals surface area contributed by atoms with Crippen LogP contribution in [0.3, 0.4) is 0 Å². The van der Waals surface area contributed by atoms with Gasteiger partial charge >= 0.3 is 5.97 Å². The smallest absolute Gasteiger partial charge is 0.336 e. The number of carboxylic acids is 1. The Labute approximate surface area is 125 Å². The molecule has 0 spiro atoms. The predicted octanol–water partition coefficient (Wildman–Crippen LogP) is 3.94. The van der Waals surface area contributed by atoms with Gasteiger partial charge in [0.15, 0.2) is 0 Å². The average molecular weight is 366 g/mol.